The van der Waals surface area contributed by atoms with Crippen molar-refractivity contribution >= 4 is 79.8 Å². The second-order valence-electron chi connectivity index (χ2n) is 20.7. The molecule has 0 N–H and O–H groups in total. The van der Waals surface area contributed by atoms with Gasteiger partial charge in [-0.3, -0.25) is 0 Å². The van der Waals surface area contributed by atoms with Crippen LogP contribution in [0.1, 0.15) is 39.5 Å². The maximum atomic E-state index is 12.2. The maximum absolute atomic E-state index is 12.2. The second-order valence-corrected chi connectivity index (χ2v) is 20.7. The molecular formula is C68H54B2N6O4. The molecule has 12 rings (SSSR count). The highest BCUT2D eigenvalue weighted by Gasteiger charge is 2.38. The number of hydrogen-bond acceptors (Lipinski definition) is 7. The van der Waals surface area contributed by atoms with Gasteiger partial charge in [0.15, 0.2) is 11.2 Å². The van der Waals surface area contributed by atoms with E-state index in [0.29, 0.717) is 80.2 Å². The lowest BCUT2D eigenvalue weighted by Gasteiger charge is -2.24. The van der Waals surface area contributed by atoms with E-state index in [2.05, 4.69) is 120 Å². The first-order valence-corrected chi connectivity index (χ1v) is 27.0. The zero-order chi connectivity index (χ0) is 54.7. The van der Waals surface area contributed by atoms with Crippen LogP contribution in [-0.2, 0) is 0 Å². The number of rotatable bonds is 16. The zero-order valence-corrected chi connectivity index (χ0v) is 44.8. The van der Waals surface area contributed by atoms with Gasteiger partial charge in [0, 0.05) is 22.2 Å². The largest absolute Gasteiger partial charge is 0.493 e. The third kappa shape index (κ3) is 9.62. The monoisotopic (exact) mass is 1040 g/mol. The summed E-state index contributed by atoms with van der Waals surface area (Å²) in [5.41, 5.74) is 9.49. The first-order chi connectivity index (χ1) is 39.3. The van der Waals surface area contributed by atoms with Crippen LogP contribution in [0.5, 0.6) is 11.5 Å². The number of aromatic nitrogens is 4. The predicted octanol–water partition coefficient (Wildman–Crippen LogP) is 11.2. The molecule has 12 aromatic rings. The number of ether oxygens (including phenoxy) is 2. The Hall–Kier alpha value is -10.0. The second kappa shape index (κ2) is 22.1. The number of benzene rings is 8. The predicted molar refractivity (Wildman–Crippen MR) is 323 cm³/mol. The Bertz CT molecular complexity index is 3960. The normalized spacial score (nSPS) is 12.2. The summed E-state index contributed by atoms with van der Waals surface area (Å²) in [7, 11) is 0. The van der Waals surface area contributed by atoms with Gasteiger partial charge in [-0.2, -0.15) is 5.26 Å². The minimum atomic E-state index is -0.583. The van der Waals surface area contributed by atoms with E-state index in [4.69, 9.17) is 28.3 Å². The summed E-state index contributed by atoms with van der Waals surface area (Å²) >= 11 is 0. The molecule has 386 valence electrons. The average Bonchev–Trinajstić information content (AvgIpc) is 4.45. The third-order valence-electron chi connectivity index (χ3n) is 14.2. The molecule has 0 spiro atoms. The van der Waals surface area contributed by atoms with Crippen molar-refractivity contribution in [2.75, 3.05) is 13.2 Å². The fraction of sp³-hybridized carbons (Fsp3) is 0.118. The van der Waals surface area contributed by atoms with Gasteiger partial charge in [-0.25, -0.2) is 14.8 Å². The summed E-state index contributed by atoms with van der Waals surface area (Å²) in [6.07, 6.45) is 0. The maximum Gasteiger partial charge on any atom is 0.328 e. The van der Waals surface area contributed by atoms with Crippen LogP contribution in [0.3, 0.4) is 0 Å². The van der Waals surface area contributed by atoms with Crippen LogP contribution in [-0.4, -0.2) is 45.8 Å². The lowest BCUT2D eigenvalue weighted by molar-refractivity contribution is 0.271. The van der Waals surface area contributed by atoms with Crippen molar-refractivity contribution in [3.8, 4) is 40.1 Å². The van der Waals surface area contributed by atoms with Crippen LogP contribution in [0, 0.1) is 29.7 Å². The molecule has 0 radical (unpaired) electrons. The highest BCUT2D eigenvalue weighted by Crippen LogP contribution is 2.38. The molecule has 80 heavy (non-hydrogen) atoms. The Morgan fingerprint density at radius 3 is 1.25 bits per heavy atom. The van der Waals surface area contributed by atoms with Gasteiger partial charge in [0.2, 0.25) is 11.8 Å². The molecule has 0 bridgehead atoms. The molecule has 0 fully saturated rings. The van der Waals surface area contributed by atoms with Crippen LogP contribution >= 0.6 is 0 Å². The fourth-order valence-electron chi connectivity index (χ4n) is 10.8. The summed E-state index contributed by atoms with van der Waals surface area (Å²) < 4.78 is 30.8. The first kappa shape index (κ1) is 50.8. The van der Waals surface area contributed by atoms with Crippen LogP contribution in [0.2, 0.25) is 0 Å². The van der Waals surface area contributed by atoms with E-state index in [9.17, 15) is 11.8 Å². The molecule has 0 aliphatic heterocycles. The van der Waals surface area contributed by atoms with Crippen molar-refractivity contribution in [3.05, 3.63) is 252 Å². The van der Waals surface area contributed by atoms with Gasteiger partial charge >= 0.3 is 13.7 Å². The molecular weight excluding hydrogens is 986 g/mol. The molecule has 0 saturated carbocycles. The third-order valence-corrected chi connectivity index (χ3v) is 14.2. The van der Waals surface area contributed by atoms with E-state index in [1.54, 1.807) is 0 Å². The standard InChI is InChI=1S/C68H54B2N6O4/c1-45(2)43-77-53-38-34-47(35-39-53)63-60-61(66(62(72-5)68-74-57-31-19-21-33-59(57)80-68)76(63)70(51-26-14-8-15-27-51)52-28-16-9-17-29-52)64(48-36-40-54(41-37-48)78-44-46(3)4)75(69(49-22-10-6-11-23-49)50-24-12-7-13-25-50)65(60)55(42-71)67-73-56-30-18-20-32-58(56)79-67/h6-41,45-46H,43-44H2,1-4H3/b65-55-,66-62+. The lowest BCUT2D eigenvalue weighted by Crippen LogP contribution is -2.54. The van der Waals surface area contributed by atoms with Gasteiger partial charge < -0.3 is 27.3 Å². The van der Waals surface area contributed by atoms with Crippen molar-refractivity contribution in [3.63, 3.8) is 0 Å². The summed E-state index contributed by atoms with van der Waals surface area (Å²) in [5.74, 6) is 2.31. The number of oxazole rings is 2. The minimum absolute atomic E-state index is 0.145. The molecule has 4 heterocycles. The Morgan fingerprint density at radius 2 is 0.863 bits per heavy atom. The lowest BCUT2D eigenvalue weighted by atomic mass is 9.50. The van der Waals surface area contributed by atoms with E-state index < -0.39 is 13.7 Å². The highest BCUT2D eigenvalue weighted by atomic mass is 16.5. The molecule has 0 aliphatic carbocycles. The summed E-state index contributed by atoms with van der Waals surface area (Å²) in [6, 6.07) is 75.6. The summed E-state index contributed by atoms with van der Waals surface area (Å²) in [6.45, 7) is 17.9. The van der Waals surface area contributed by atoms with Crippen LogP contribution < -0.4 is 42.0 Å². The number of hydrogen-bond donors (Lipinski definition) is 0. The first-order valence-electron chi connectivity index (χ1n) is 27.0. The van der Waals surface area contributed by atoms with Crippen LogP contribution in [0.15, 0.2) is 227 Å². The van der Waals surface area contributed by atoms with Gasteiger partial charge in [-0.15, -0.1) is 0 Å². The summed E-state index contributed by atoms with van der Waals surface area (Å²) in [4.78, 5) is 14.8. The van der Waals surface area contributed by atoms with Gasteiger partial charge in [-0.05, 0) is 95.8 Å². The van der Waals surface area contributed by atoms with E-state index in [1.165, 1.54) is 0 Å². The van der Waals surface area contributed by atoms with Gasteiger partial charge in [-0.1, -0.05) is 195 Å². The number of nitrogens with zero attached hydrogens (tertiary/aromatic N) is 6. The number of fused-ring (bicyclic) bond motifs is 3. The van der Waals surface area contributed by atoms with Crippen LogP contribution in [0.25, 0.3) is 71.6 Å². The number of nitriles is 1. The Labute approximate surface area is 465 Å². The van der Waals surface area contributed by atoms with Gasteiger partial charge in [0.1, 0.15) is 34.2 Å². The minimum Gasteiger partial charge on any atom is -0.493 e. The Morgan fingerprint density at radius 1 is 0.500 bits per heavy atom. The molecule has 4 aromatic heterocycles. The Balaban J connectivity index is 1.41. The molecule has 12 heteroatoms. The fourth-order valence-corrected chi connectivity index (χ4v) is 10.8. The molecule has 10 nitrogen and oxygen atoms in total. The van der Waals surface area contributed by atoms with E-state index in [1.807, 2.05) is 146 Å². The van der Waals surface area contributed by atoms with Crippen molar-refractivity contribution in [2.45, 2.75) is 27.7 Å². The van der Waals surface area contributed by atoms with Gasteiger partial charge in [0.05, 0.1) is 30.5 Å². The van der Waals surface area contributed by atoms with E-state index in [-0.39, 0.29) is 23.1 Å². The average molecular weight is 1040 g/mol. The number of para-hydroxylation sites is 4. The van der Waals surface area contributed by atoms with E-state index >= 15 is 0 Å². The zero-order valence-electron chi connectivity index (χ0n) is 44.8. The van der Waals surface area contributed by atoms with Gasteiger partial charge in [0.25, 0.3) is 5.70 Å². The molecule has 0 unspecified atom stereocenters. The summed E-state index contributed by atoms with van der Waals surface area (Å²) in [5, 5.41) is 14.6. The quantitative estimate of drug-likeness (QED) is 0.0700. The highest BCUT2D eigenvalue weighted by molar-refractivity contribution is 6.85. The topological polar surface area (TPSA) is 109 Å². The van der Waals surface area contributed by atoms with Crippen LogP contribution in [0.4, 0.5) is 0 Å². The molecule has 0 saturated heterocycles. The Kier molecular flexibility index (Phi) is 14.0. The molecule has 8 aromatic carbocycles. The van der Waals surface area contributed by atoms with E-state index in [0.717, 1.165) is 44.4 Å². The SMILES string of the molecule is [C-]#[N+]/C(c1nc2ccccc2o1)=c1\c2c(-c3ccc(OCC(C)C)cc3)n(B(c3ccccc3)c3ccccc3)/c(=C(/C#N)c3nc4ccccc4o3)c2c(-c2ccc(OCC(C)C)cc2)n1B(c1ccccc1)c1ccccc1. The van der Waals surface area contributed by atoms with Crippen molar-refractivity contribution in [1.29, 1.82) is 5.26 Å². The molecule has 0 amide bonds. The smallest absolute Gasteiger partial charge is 0.328 e. The molecule has 0 aliphatic rings. The molecule has 0 atom stereocenters. The van der Waals surface area contributed by atoms with Crippen molar-refractivity contribution in [2.24, 2.45) is 11.8 Å². The van der Waals surface area contributed by atoms with Crippen molar-refractivity contribution in [1.82, 2.24) is 18.9 Å². The van der Waals surface area contributed by atoms with Crippen molar-refractivity contribution < 1.29 is 18.3 Å².